The Hall–Kier alpha value is -1.98. The zero-order valence-electron chi connectivity index (χ0n) is 11.4. The van der Waals surface area contributed by atoms with E-state index in [0.717, 1.165) is 15.7 Å². The van der Waals surface area contributed by atoms with Gasteiger partial charge in [-0.2, -0.15) is 0 Å². The van der Waals surface area contributed by atoms with E-state index in [2.05, 4.69) is 26.2 Å². The average Bonchev–Trinajstić information content (AvgIpc) is 2.99. The summed E-state index contributed by atoms with van der Waals surface area (Å²) in [7, 11) is 0. The lowest BCUT2D eigenvalue weighted by atomic mass is 9.93. The second kappa shape index (κ2) is 5.42. The summed E-state index contributed by atoms with van der Waals surface area (Å²) in [6.45, 7) is 1.74. The molecule has 0 bridgehead atoms. The van der Waals surface area contributed by atoms with Crippen LogP contribution < -0.4 is 0 Å². The van der Waals surface area contributed by atoms with E-state index >= 15 is 0 Å². The van der Waals surface area contributed by atoms with Crippen molar-refractivity contribution >= 4 is 15.9 Å². The van der Waals surface area contributed by atoms with Crippen molar-refractivity contribution in [2.24, 2.45) is 0 Å². The maximum Gasteiger partial charge on any atom is 0.131 e. The van der Waals surface area contributed by atoms with Crippen LogP contribution in [0.25, 0.3) is 5.69 Å². The molecule has 0 aliphatic carbocycles. The number of aromatic nitrogens is 3. The van der Waals surface area contributed by atoms with E-state index < -0.39 is 5.60 Å². The summed E-state index contributed by atoms with van der Waals surface area (Å²) in [5.74, 6) is 0. The Morgan fingerprint density at radius 3 is 2.43 bits per heavy atom. The predicted octanol–water partition coefficient (Wildman–Crippen LogP) is 3.29. The highest BCUT2D eigenvalue weighted by molar-refractivity contribution is 9.10. The molecule has 5 heteroatoms. The number of benzene rings is 2. The summed E-state index contributed by atoms with van der Waals surface area (Å²) in [5, 5.41) is 19.1. The van der Waals surface area contributed by atoms with E-state index in [1.165, 1.54) is 0 Å². The minimum absolute atomic E-state index is 0.612. The molecule has 2 aromatic carbocycles. The van der Waals surface area contributed by atoms with Crippen LogP contribution in [0.2, 0.25) is 0 Å². The monoisotopic (exact) mass is 343 g/mol. The Labute approximate surface area is 131 Å². The van der Waals surface area contributed by atoms with E-state index in [9.17, 15) is 5.11 Å². The van der Waals surface area contributed by atoms with E-state index in [-0.39, 0.29) is 0 Å². The molecule has 21 heavy (non-hydrogen) atoms. The molecule has 1 aromatic heterocycles. The smallest absolute Gasteiger partial charge is 0.131 e. The molecule has 0 spiro atoms. The number of para-hydroxylation sites is 1. The summed E-state index contributed by atoms with van der Waals surface area (Å²) in [6, 6.07) is 17.2. The van der Waals surface area contributed by atoms with Crippen LogP contribution in [0.4, 0.5) is 0 Å². The van der Waals surface area contributed by atoms with Gasteiger partial charge in [-0.15, -0.1) is 5.10 Å². The zero-order chi connectivity index (χ0) is 14.9. The van der Waals surface area contributed by atoms with Crippen molar-refractivity contribution in [3.63, 3.8) is 0 Å². The maximum atomic E-state index is 11.0. The van der Waals surface area contributed by atoms with E-state index in [1.807, 2.05) is 54.6 Å². The lowest BCUT2D eigenvalue weighted by molar-refractivity contribution is 0.0938. The molecule has 106 valence electrons. The first-order chi connectivity index (χ1) is 10.1. The highest BCUT2D eigenvalue weighted by atomic mass is 79.9. The molecule has 0 saturated heterocycles. The Balaban J connectivity index is 2.14. The van der Waals surface area contributed by atoms with Crippen LogP contribution in [0.5, 0.6) is 0 Å². The van der Waals surface area contributed by atoms with Crippen LogP contribution in [0.15, 0.2) is 65.3 Å². The van der Waals surface area contributed by atoms with Crippen molar-refractivity contribution in [3.8, 4) is 5.69 Å². The summed E-state index contributed by atoms with van der Waals surface area (Å²) >= 11 is 3.49. The summed E-state index contributed by atoms with van der Waals surface area (Å²) in [6.07, 6.45) is 1.59. The predicted molar refractivity (Wildman–Crippen MR) is 84.2 cm³/mol. The van der Waals surface area contributed by atoms with Crippen molar-refractivity contribution in [1.82, 2.24) is 15.0 Å². The average molecular weight is 344 g/mol. The number of hydrogen-bond acceptors (Lipinski definition) is 3. The van der Waals surface area contributed by atoms with Gasteiger partial charge in [-0.3, -0.25) is 0 Å². The minimum atomic E-state index is -1.21. The molecular formula is C16H14BrN3O. The lowest BCUT2D eigenvalue weighted by Gasteiger charge is -2.25. The number of nitrogens with zero attached hydrogens (tertiary/aromatic N) is 3. The summed E-state index contributed by atoms with van der Waals surface area (Å²) < 4.78 is 2.50. The third-order valence-corrected chi connectivity index (χ3v) is 4.14. The quantitative estimate of drug-likeness (QED) is 0.793. The lowest BCUT2D eigenvalue weighted by Crippen LogP contribution is -2.27. The molecular weight excluding hydrogens is 330 g/mol. The zero-order valence-corrected chi connectivity index (χ0v) is 13.0. The van der Waals surface area contributed by atoms with E-state index in [1.54, 1.807) is 17.8 Å². The van der Waals surface area contributed by atoms with E-state index in [4.69, 9.17) is 0 Å². The van der Waals surface area contributed by atoms with Crippen LogP contribution in [-0.2, 0) is 5.60 Å². The molecule has 1 unspecified atom stereocenters. The molecule has 4 nitrogen and oxygen atoms in total. The van der Waals surface area contributed by atoms with Gasteiger partial charge >= 0.3 is 0 Å². The standard InChI is InChI=1S/C16H14BrN3O/c1-16(21,13-9-5-6-10-14(13)17)15-11-18-19-20(15)12-7-3-2-4-8-12/h2-11,21H,1H3. The van der Waals surface area contributed by atoms with Gasteiger partial charge in [-0.1, -0.05) is 57.5 Å². The molecule has 0 saturated carbocycles. The fourth-order valence-corrected chi connectivity index (χ4v) is 2.99. The summed E-state index contributed by atoms with van der Waals surface area (Å²) in [4.78, 5) is 0. The molecule has 0 radical (unpaired) electrons. The first kappa shape index (κ1) is 14.0. The Bertz CT molecular complexity index is 753. The SMILES string of the molecule is CC(O)(c1ccccc1Br)c1cnnn1-c1ccccc1. The van der Waals surface area contributed by atoms with Gasteiger partial charge in [0, 0.05) is 10.0 Å². The third-order valence-electron chi connectivity index (χ3n) is 3.45. The van der Waals surface area contributed by atoms with Gasteiger partial charge in [0.25, 0.3) is 0 Å². The summed E-state index contributed by atoms with van der Waals surface area (Å²) in [5.41, 5.74) is 1.03. The molecule has 0 aliphatic heterocycles. The second-order valence-corrected chi connectivity index (χ2v) is 5.77. The fraction of sp³-hybridized carbons (Fsp3) is 0.125. The van der Waals surface area contributed by atoms with Crippen molar-refractivity contribution in [2.45, 2.75) is 12.5 Å². The van der Waals surface area contributed by atoms with Crippen LogP contribution in [0.3, 0.4) is 0 Å². The van der Waals surface area contributed by atoms with Crippen molar-refractivity contribution in [3.05, 3.63) is 76.5 Å². The topological polar surface area (TPSA) is 50.9 Å². The van der Waals surface area contributed by atoms with Gasteiger partial charge in [0.2, 0.25) is 0 Å². The van der Waals surface area contributed by atoms with Crippen LogP contribution >= 0.6 is 15.9 Å². The highest BCUT2D eigenvalue weighted by Crippen LogP contribution is 2.34. The van der Waals surface area contributed by atoms with E-state index in [0.29, 0.717) is 5.69 Å². The fourth-order valence-electron chi connectivity index (χ4n) is 2.32. The van der Waals surface area contributed by atoms with Crippen molar-refractivity contribution in [1.29, 1.82) is 0 Å². The largest absolute Gasteiger partial charge is 0.379 e. The van der Waals surface area contributed by atoms with Gasteiger partial charge in [0.15, 0.2) is 0 Å². The molecule has 0 amide bonds. The van der Waals surface area contributed by atoms with Crippen molar-refractivity contribution in [2.75, 3.05) is 0 Å². The molecule has 3 aromatic rings. The highest BCUT2D eigenvalue weighted by Gasteiger charge is 2.32. The van der Waals surface area contributed by atoms with Gasteiger partial charge in [0.05, 0.1) is 11.9 Å². The van der Waals surface area contributed by atoms with Gasteiger partial charge < -0.3 is 5.11 Å². The normalized spacial score (nSPS) is 13.9. The molecule has 1 heterocycles. The van der Waals surface area contributed by atoms with Crippen LogP contribution in [0, 0.1) is 0 Å². The number of hydrogen-bond donors (Lipinski definition) is 1. The number of halogens is 1. The van der Waals surface area contributed by atoms with Crippen LogP contribution in [0.1, 0.15) is 18.2 Å². The molecule has 3 rings (SSSR count). The number of aliphatic hydroxyl groups is 1. The van der Waals surface area contributed by atoms with Crippen LogP contribution in [-0.4, -0.2) is 20.1 Å². The third kappa shape index (κ3) is 2.50. The Kier molecular flexibility index (Phi) is 3.61. The first-order valence-electron chi connectivity index (χ1n) is 6.54. The second-order valence-electron chi connectivity index (χ2n) is 4.92. The molecule has 0 fully saturated rings. The maximum absolute atomic E-state index is 11.0. The van der Waals surface area contributed by atoms with Crippen molar-refractivity contribution < 1.29 is 5.11 Å². The Morgan fingerprint density at radius 1 is 1.05 bits per heavy atom. The molecule has 1 N–H and O–H groups in total. The minimum Gasteiger partial charge on any atom is -0.379 e. The molecule has 0 aliphatic rings. The van der Waals surface area contributed by atoms with Gasteiger partial charge in [-0.05, 0) is 25.1 Å². The Morgan fingerprint density at radius 2 is 1.71 bits per heavy atom. The van der Waals surface area contributed by atoms with Gasteiger partial charge in [-0.25, -0.2) is 4.68 Å². The first-order valence-corrected chi connectivity index (χ1v) is 7.34. The number of rotatable bonds is 3. The van der Waals surface area contributed by atoms with Gasteiger partial charge in [0.1, 0.15) is 11.3 Å². The molecule has 1 atom stereocenters.